The third kappa shape index (κ3) is 4.64. The average Bonchev–Trinajstić information content (AvgIpc) is 3.05. The fraction of sp³-hybridized carbons (Fsp3) is 0.923. The van der Waals surface area contributed by atoms with Crippen molar-refractivity contribution in [1.29, 1.82) is 0 Å². The molecule has 0 spiro atoms. The zero-order valence-corrected chi connectivity index (χ0v) is 10.9. The number of carbonyl (C=O) groups is 1. The summed E-state index contributed by atoms with van der Waals surface area (Å²) in [5.41, 5.74) is 0. The molecule has 0 bridgehead atoms. The van der Waals surface area contributed by atoms with Gasteiger partial charge < -0.3 is 15.5 Å². The van der Waals surface area contributed by atoms with Crippen molar-refractivity contribution in [2.24, 2.45) is 11.8 Å². The van der Waals surface area contributed by atoms with Gasteiger partial charge in [0.15, 0.2) is 0 Å². The van der Waals surface area contributed by atoms with Gasteiger partial charge in [0.25, 0.3) is 0 Å². The summed E-state index contributed by atoms with van der Waals surface area (Å²) in [7, 11) is 0. The van der Waals surface area contributed by atoms with Crippen molar-refractivity contribution < 1.29 is 4.79 Å². The second-order valence-corrected chi connectivity index (χ2v) is 5.43. The summed E-state index contributed by atoms with van der Waals surface area (Å²) >= 11 is 0. The molecule has 0 aromatic rings. The third-order valence-corrected chi connectivity index (χ3v) is 3.82. The maximum Gasteiger partial charge on any atom is 0.233 e. The Hall–Kier alpha value is -0.610. The smallest absolute Gasteiger partial charge is 0.233 e. The standard InChI is InChI=1S/C13H25N3O/c1-2-16-6-5-12(10-16)7-14-9-13(17)15-8-11-3-4-11/h11-12,14H,2-10H2,1H3,(H,15,17). The summed E-state index contributed by atoms with van der Waals surface area (Å²) in [6, 6.07) is 0. The van der Waals surface area contributed by atoms with E-state index in [0.29, 0.717) is 6.54 Å². The number of carbonyl (C=O) groups excluding carboxylic acids is 1. The maximum absolute atomic E-state index is 11.5. The van der Waals surface area contributed by atoms with E-state index < -0.39 is 0 Å². The highest BCUT2D eigenvalue weighted by Crippen LogP contribution is 2.27. The van der Waals surface area contributed by atoms with Gasteiger partial charge in [0, 0.05) is 13.1 Å². The van der Waals surface area contributed by atoms with Gasteiger partial charge >= 0.3 is 0 Å². The lowest BCUT2D eigenvalue weighted by molar-refractivity contribution is -0.120. The highest BCUT2D eigenvalue weighted by atomic mass is 16.1. The first kappa shape index (κ1) is 12.8. The largest absolute Gasteiger partial charge is 0.355 e. The number of rotatable bonds is 7. The lowest BCUT2D eigenvalue weighted by Crippen LogP contribution is -2.37. The average molecular weight is 239 g/mol. The van der Waals surface area contributed by atoms with E-state index in [1.807, 2.05) is 0 Å². The SMILES string of the molecule is CCN1CCC(CNCC(=O)NCC2CC2)C1. The van der Waals surface area contributed by atoms with Gasteiger partial charge in [-0.2, -0.15) is 0 Å². The maximum atomic E-state index is 11.5. The quantitative estimate of drug-likeness (QED) is 0.678. The van der Waals surface area contributed by atoms with Crippen LogP contribution >= 0.6 is 0 Å². The van der Waals surface area contributed by atoms with Gasteiger partial charge in [-0.3, -0.25) is 4.79 Å². The van der Waals surface area contributed by atoms with Crippen LogP contribution in [0, 0.1) is 11.8 Å². The van der Waals surface area contributed by atoms with Crippen molar-refractivity contribution in [3.8, 4) is 0 Å². The van der Waals surface area contributed by atoms with Crippen LogP contribution in [0.15, 0.2) is 0 Å². The number of amides is 1. The molecule has 2 N–H and O–H groups in total. The molecule has 1 saturated carbocycles. The number of hydrogen-bond donors (Lipinski definition) is 2. The van der Waals surface area contributed by atoms with Crippen molar-refractivity contribution in [3.63, 3.8) is 0 Å². The van der Waals surface area contributed by atoms with Crippen molar-refractivity contribution >= 4 is 5.91 Å². The van der Waals surface area contributed by atoms with Gasteiger partial charge in [0.05, 0.1) is 6.54 Å². The molecule has 1 unspecified atom stereocenters. The van der Waals surface area contributed by atoms with Gasteiger partial charge in [0.2, 0.25) is 5.91 Å². The minimum absolute atomic E-state index is 0.155. The molecular weight excluding hydrogens is 214 g/mol. The molecule has 1 aliphatic carbocycles. The van der Waals surface area contributed by atoms with E-state index in [9.17, 15) is 4.79 Å². The molecule has 0 radical (unpaired) electrons. The first-order chi connectivity index (χ1) is 8.28. The molecular formula is C13H25N3O. The third-order valence-electron chi connectivity index (χ3n) is 3.82. The Labute approximate surface area is 104 Å². The van der Waals surface area contributed by atoms with Crippen LogP contribution in [0.1, 0.15) is 26.2 Å². The van der Waals surface area contributed by atoms with Crippen LogP contribution in [0.4, 0.5) is 0 Å². The van der Waals surface area contributed by atoms with E-state index >= 15 is 0 Å². The van der Waals surface area contributed by atoms with Crippen molar-refractivity contribution in [2.45, 2.75) is 26.2 Å². The molecule has 1 atom stereocenters. The monoisotopic (exact) mass is 239 g/mol. The second kappa shape index (κ2) is 6.36. The molecule has 1 amide bonds. The van der Waals surface area contributed by atoms with Crippen LogP contribution in [-0.2, 0) is 4.79 Å². The lowest BCUT2D eigenvalue weighted by Gasteiger charge is -2.13. The van der Waals surface area contributed by atoms with E-state index in [0.717, 1.165) is 31.5 Å². The van der Waals surface area contributed by atoms with Crippen molar-refractivity contribution in [2.75, 3.05) is 39.3 Å². The highest BCUT2D eigenvalue weighted by molar-refractivity contribution is 5.77. The lowest BCUT2D eigenvalue weighted by atomic mass is 10.1. The molecule has 4 heteroatoms. The summed E-state index contributed by atoms with van der Waals surface area (Å²) in [4.78, 5) is 14.0. The van der Waals surface area contributed by atoms with E-state index in [4.69, 9.17) is 0 Å². The number of likely N-dealkylation sites (tertiary alicyclic amines) is 1. The van der Waals surface area contributed by atoms with Gasteiger partial charge in [-0.05, 0) is 50.7 Å². The summed E-state index contributed by atoms with van der Waals surface area (Å²) in [6.07, 6.45) is 3.86. The minimum atomic E-state index is 0.155. The van der Waals surface area contributed by atoms with Crippen LogP contribution < -0.4 is 10.6 Å². The van der Waals surface area contributed by atoms with Gasteiger partial charge in [0.1, 0.15) is 0 Å². The van der Waals surface area contributed by atoms with Crippen LogP contribution in [-0.4, -0.2) is 50.1 Å². The van der Waals surface area contributed by atoms with Gasteiger partial charge in [-0.15, -0.1) is 0 Å². The zero-order chi connectivity index (χ0) is 12.1. The molecule has 2 rings (SSSR count). The first-order valence-corrected chi connectivity index (χ1v) is 6.97. The molecule has 0 aromatic carbocycles. The van der Waals surface area contributed by atoms with E-state index in [1.54, 1.807) is 0 Å². The van der Waals surface area contributed by atoms with E-state index in [-0.39, 0.29) is 5.91 Å². The van der Waals surface area contributed by atoms with E-state index in [1.165, 1.54) is 32.4 Å². The summed E-state index contributed by atoms with van der Waals surface area (Å²) < 4.78 is 0. The Balaban J connectivity index is 1.48. The van der Waals surface area contributed by atoms with E-state index in [2.05, 4.69) is 22.5 Å². The number of hydrogen-bond acceptors (Lipinski definition) is 3. The Morgan fingerprint density at radius 2 is 2.06 bits per heavy atom. The Morgan fingerprint density at radius 3 is 2.71 bits per heavy atom. The molecule has 2 aliphatic rings. The van der Waals surface area contributed by atoms with Gasteiger partial charge in [-0.1, -0.05) is 6.92 Å². The molecule has 4 nitrogen and oxygen atoms in total. The Morgan fingerprint density at radius 1 is 1.24 bits per heavy atom. The molecule has 1 heterocycles. The Kier molecular flexibility index (Phi) is 4.80. The van der Waals surface area contributed by atoms with Gasteiger partial charge in [-0.25, -0.2) is 0 Å². The summed E-state index contributed by atoms with van der Waals surface area (Å²) in [5, 5.41) is 6.26. The highest BCUT2D eigenvalue weighted by Gasteiger charge is 2.22. The summed E-state index contributed by atoms with van der Waals surface area (Å²) in [5.74, 6) is 1.65. The second-order valence-electron chi connectivity index (χ2n) is 5.43. The molecule has 0 aromatic heterocycles. The summed E-state index contributed by atoms with van der Waals surface area (Å²) in [6.45, 7) is 8.11. The fourth-order valence-electron chi connectivity index (χ4n) is 2.40. The topological polar surface area (TPSA) is 44.4 Å². The van der Waals surface area contributed by atoms with Crippen LogP contribution in [0.25, 0.3) is 0 Å². The molecule has 2 fully saturated rings. The first-order valence-electron chi connectivity index (χ1n) is 6.97. The van der Waals surface area contributed by atoms with Crippen molar-refractivity contribution in [3.05, 3.63) is 0 Å². The predicted octanol–water partition coefficient (Wildman–Crippen LogP) is 0.444. The number of nitrogens with zero attached hydrogens (tertiary/aromatic N) is 1. The predicted molar refractivity (Wildman–Crippen MR) is 68.8 cm³/mol. The molecule has 98 valence electrons. The zero-order valence-electron chi connectivity index (χ0n) is 10.9. The number of nitrogens with one attached hydrogen (secondary N) is 2. The molecule has 1 saturated heterocycles. The molecule has 17 heavy (non-hydrogen) atoms. The minimum Gasteiger partial charge on any atom is -0.355 e. The van der Waals surface area contributed by atoms with Crippen LogP contribution in [0.2, 0.25) is 0 Å². The fourth-order valence-corrected chi connectivity index (χ4v) is 2.40. The van der Waals surface area contributed by atoms with Crippen LogP contribution in [0.3, 0.4) is 0 Å². The normalized spacial score (nSPS) is 25.1. The Bertz CT molecular complexity index is 253. The van der Waals surface area contributed by atoms with Crippen molar-refractivity contribution in [1.82, 2.24) is 15.5 Å². The molecule has 1 aliphatic heterocycles. The van der Waals surface area contributed by atoms with Crippen LogP contribution in [0.5, 0.6) is 0 Å².